The van der Waals surface area contributed by atoms with Gasteiger partial charge in [0.1, 0.15) is 25.1 Å². The molecule has 21 heavy (non-hydrogen) atoms. The number of hydrogen-bond donors (Lipinski definition) is 3. The van der Waals surface area contributed by atoms with Crippen LogP contribution in [0.2, 0.25) is 0 Å². The van der Waals surface area contributed by atoms with E-state index in [1.165, 1.54) is 0 Å². The molecule has 110 valence electrons. The number of nitrogens with two attached hydrogens (primary N) is 1. The van der Waals surface area contributed by atoms with E-state index < -0.39 is 12.0 Å². The highest BCUT2D eigenvalue weighted by Gasteiger charge is 2.16. The van der Waals surface area contributed by atoms with Crippen molar-refractivity contribution in [3.63, 3.8) is 0 Å². The van der Waals surface area contributed by atoms with Gasteiger partial charge < -0.3 is 25.6 Å². The molecule has 0 radical (unpaired) electrons. The molecule has 7 nitrogen and oxygen atoms in total. The summed E-state index contributed by atoms with van der Waals surface area (Å²) in [6.07, 6.45) is 0.372. The van der Waals surface area contributed by atoms with Gasteiger partial charge in [0.05, 0.1) is 6.54 Å². The molecule has 4 N–H and O–H groups in total. The summed E-state index contributed by atoms with van der Waals surface area (Å²) in [5, 5.41) is 14.1. The van der Waals surface area contributed by atoms with Crippen molar-refractivity contribution in [1.82, 2.24) is 4.98 Å². The number of nitrogens with zero attached hydrogens (tertiary/aromatic N) is 1. The smallest absolute Gasteiger partial charge is 0.248 e. The van der Waals surface area contributed by atoms with E-state index in [9.17, 15) is 9.90 Å². The minimum atomic E-state index is -1.26. The predicted molar refractivity (Wildman–Crippen MR) is 76.4 cm³/mol. The van der Waals surface area contributed by atoms with Crippen molar-refractivity contribution in [1.29, 1.82) is 0 Å². The summed E-state index contributed by atoms with van der Waals surface area (Å²) in [6, 6.07) is 5.56. The number of carbonyl (C=O) groups excluding carboxylic acids is 1. The number of aromatic nitrogens is 1. The summed E-state index contributed by atoms with van der Waals surface area (Å²) in [6.45, 7) is 1.03. The standard InChI is InChI=1S/C14H15N3O4/c15-13(19)10(18)7-17-14-9-6-12-11(20-3-4-21-12)5-8(9)1-2-16-14/h1-2,5-6,10,18H,3-4,7H2,(H2,15,19)(H,16,17). The summed E-state index contributed by atoms with van der Waals surface area (Å²) < 4.78 is 11.1. The first-order chi connectivity index (χ1) is 10.1. The molecule has 1 amide bonds. The Morgan fingerprint density at radius 2 is 2.10 bits per heavy atom. The van der Waals surface area contributed by atoms with Crippen molar-refractivity contribution in [3.8, 4) is 11.5 Å². The van der Waals surface area contributed by atoms with Crippen molar-refractivity contribution in [2.75, 3.05) is 25.1 Å². The molecule has 7 heteroatoms. The van der Waals surface area contributed by atoms with Crippen molar-refractivity contribution < 1.29 is 19.4 Å². The lowest BCUT2D eigenvalue weighted by molar-refractivity contribution is -0.125. The third-order valence-electron chi connectivity index (χ3n) is 3.22. The van der Waals surface area contributed by atoms with Gasteiger partial charge in [-0.15, -0.1) is 0 Å². The van der Waals surface area contributed by atoms with Crippen LogP contribution in [-0.4, -0.2) is 41.9 Å². The van der Waals surface area contributed by atoms with Crippen molar-refractivity contribution >= 4 is 22.5 Å². The molecule has 1 atom stereocenters. The lowest BCUT2D eigenvalue weighted by atomic mass is 10.1. The maximum Gasteiger partial charge on any atom is 0.248 e. The highest BCUT2D eigenvalue weighted by Crippen LogP contribution is 2.36. The van der Waals surface area contributed by atoms with Gasteiger partial charge >= 0.3 is 0 Å². The molecule has 1 aliphatic rings. The van der Waals surface area contributed by atoms with Crippen LogP contribution in [0.5, 0.6) is 11.5 Å². The van der Waals surface area contributed by atoms with E-state index in [1.54, 1.807) is 6.20 Å². The van der Waals surface area contributed by atoms with Crippen LogP contribution in [0.3, 0.4) is 0 Å². The summed E-state index contributed by atoms with van der Waals surface area (Å²) in [5.41, 5.74) is 5.02. The number of aliphatic hydroxyl groups is 1. The van der Waals surface area contributed by atoms with E-state index in [-0.39, 0.29) is 6.54 Å². The monoisotopic (exact) mass is 289 g/mol. The molecule has 1 aromatic carbocycles. The largest absolute Gasteiger partial charge is 0.486 e. The van der Waals surface area contributed by atoms with Crippen molar-refractivity contribution in [2.24, 2.45) is 5.73 Å². The highest BCUT2D eigenvalue weighted by molar-refractivity contribution is 5.94. The third kappa shape index (κ3) is 2.68. The summed E-state index contributed by atoms with van der Waals surface area (Å²) in [7, 11) is 0. The van der Waals surface area contributed by atoms with Crippen LogP contribution in [-0.2, 0) is 4.79 Å². The number of ether oxygens (including phenoxy) is 2. The first-order valence-corrected chi connectivity index (χ1v) is 6.55. The Hall–Kier alpha value is -2.54. The van der Waals surface area contributed by atoms with E-state index in [1.807, 2.05) is 18.2 Å². The second-order valence-corrected chi connectivity index (χ2v) is 4.68. The number of carbonyl (C=O) groups is 1. The molecule has 0 aliphatic carbocycles. The van der Waals surface area contributed by atoms with Crippen LogP contribution in [0.15, 0.2) is 24.4 Å². The zero-order valence-electron chi connectivity index (χ0n) is 11.2. The third-order valence-corrected chi connectivity index (χ3v) is 3.22. The molecule has 0 saturated heterocycles. The first kappa shape index (κ1) is 13.4. The molecule has 0 spiro atoms. The van der Waals surface area contributed by atoms with Gasteiger partial charge in [-0.2, -0.15) is 0 Å². The van der Waals surface area contributed by atoms with Gasteiger partial charge in [-0.25, -0.2) is 4.98 Å². The Bertz CT molecular complexity index is 689. The van der Waals surface area contributed by atoms with Crippen molar-refractivity contribution in [2.45, 2.75) is 6.10 Å². The molecule has 1 aliphatic heterocycles. The van der Waals surface area contributed by atoms with Gasteiger partial charge in [-0.1, -0.05) is 0 Å². The van der Waals surface area contributed by atoms with E-state index in [4.69, 9.17) is 15.2 Å². The number of amides is 1. The Balaban J connectivity index is 1.93. The lowest BCUT2D eigenvalue weighted by Crippen LogP contribution is -2.34. The Labute approximate surface area is 120 Å². The van der Waals surface area contributed by atoms with Gasteiger partial charge in [0.15, 0.2) is 11.5 Å². The molecule has 1 aromatic heterocycles. The molecule has 0 fully saturated rings. The number of primary amides is 1. The molecule has 3 rings (SSSR count). The minimum absolute atomic E-state index is 0.00408. The fourth-order valence-corrected chi connectivity index (χ4v) is 2.14. The fourth-order valence-electron chi connectivity index (χ4n) is 2.14. The second-order valence-electron chi connectivity index (χ2n) is 4.68. The van der Waals surface area contributed by atoms with Crippen LogP contribution in [0.1, 0.15) is 0 Å². The summed E-state index contributed by atoms with van der Waals surface area (Å²) in [5.74, 6) is 1.12. The predicted octanol–water partition coefficient (Wildman–Crippen LogP) is 0.264. The Kier molecular flexibility index (Phi) is 3.49. The maximum atomic E-state index is 10.9. The van der Waals surface area contributed by atoms with Gasteiger partial charge in [-0.3, -0.25) is 4.79 Å². The van der Waals surface area contributed by atoms with E-state index in [0.29, 0.717) is 30.5 Å². The lowest BCUT2D eigenvalue weighted by Gasteiger charge is -2.19. The number of fused-ring (bicyclic) bond motifs is 2. The molecule has 2 heterocycles. The second kappa shape index (κ2) is 5.45. The number of aliphatic hydroxyl groups excluding tert-OH is 1. The number of benzene rings is 1. The average molecular weight is 289 g/mol. The Morgan fingerprint density at radius 1 is 1.38 bits per heavy atom. The quantitative estimate of drug-likeness (QED) is 0.745. The molecule has 1 unspecified atom stereocenters. The minimum Gasteiger partial charge on any atom is -0.486 e. The number of rotatable bonds is 4. The van der Waals surface area contributed by atoms with Gasteiger partial charge in [0.25, 0.3) is 0 Å². The zero-order valence-corrected chi connectivity index (χ0v) is 11.2. The number of nitrogens with one attached hydrogen (secondary N) is 1. The molecule has 0 bridgehead atoms. The Morgan fingerprint density at radius 3 is 2.81 bits per heavy atom. The van der Waals surface area contributed by atoms with E-state index in [2.05, 4.69) is 10.3 Å². The van der Waals surface area contributed by atoms with E-state index in [0.717, 1.165) is 10.8 Å². The van der Waals surface area contributed by atoms with Crippen LogP contribution in [0.4, 0.5) is 5.82 Å². The number of anilines is 1. The molecular weight excluding hydrogens is 274 g/mol. The van der Waals surface area contributed by atoms with Crippen molar-refractivity contribution in [3.05, 3.63) is 24.4 Å². The van der Waals surface area contributed by atoms with Crippen LogP contribution >= 0.6 is 0 Å². The first-order valence-electron chi connectivity index (χ1n) is 6.55. The fraction of sp³-hybridized carbons (Fsp3) is 0.286. The number of pyridine rings is 1. The van der Waals surface area contributed by atoms with Crippen LogP contribution in [0, 0.1) is 0 Å². The summed E-state index contributed by atoms with van der Waals surface area (Å²) >= 11 is 0. The zero-order chi connectivity index (χ0) is 14.8. The molecule has 0 saturated carbocycles. The van der Waals surface area contributed by atoms with Crippen LogP contribution < -0.4 is 20.5 Å². The van der Waals surface area contributed by atoms with Crippen LogP contribution in [0.25, 0.3) is 10.8 Å². The topological polar surface area (TPSA) is 107 Å². The normalized spacial score (nSPS) is 14.7. The average Bonchev–Trinajstić information content (AvgIpc) is 2.50. The maximum absolute atomic E-state index is 10.9. The number of hydrogen-bond acceptors (Lipinski definition) is 6. The highest BCUT2D eigenvalue weighted by atomic mass is 16.6. The van der Waals surface area contributed by atoms with E-state index >= 15 is 0 Å². The summed E-state index contributed by atoms with van der Waals surface area (Å²) in [4.78, 5) is 15.1. The molecule has 2 aromatic rings. The van der Waals surface area contributed by atoms with Gasteiger partial charge in [0.2, 0.25) is 5.91 Å². The van der Waals surface area contributed by atoms with Gasteiger partial charge in [-0.05, 0) is 23.6 Å². The SMILES string of the molecule is NC(=O)C(O)CNc1nccc2cc3c(cc12)OCCO3. The molecular formula is C14H15N3O4. The van der Waals surface area contributed by atoms with Gasteiger partial charge in [0, 0.05) is 11.6 Å².